The largest absolute Gasteiger partial charge is 0.389 e. The van der Waals surface area contributed by atoms with Crippen LogP contribution < -0.4 is 0 Å². The molecule has 0 saturated carbocycles. The van der Waals surface area contributed by atoms with Gasteiger partial charge in [0.25, 0.3) is 0 Å². The van der Waals surface area contributed by atoms with Crippen LogP contribution in [0, 0.1) is 23.7 Å². The number of aliphatic hydroxyl groups is 1. The van der Waals surface area contributed by atoms with Gasteiger partial charge in [-0.25, -0.2) is 0 Å². The van der Waals surface area contributed by atoms with Gasteiger partial charge in [-0.15, -0.1) is 5.92 Å². The third-order valence-corrected chi connectivity index (χ3v) is 3.31. The molecule has 1 aliphatic rings. The Hall–Kier alpha value is -1.04. The van der Waals surface area contributed by atoms with Crippen molar-refractivity contribution in [2.75, 3.05) is 13.2 Å². The molecule has 0 spiro atoms. The molecule has 0 amide bonds. The van der Waals surface area contributed by atoms with Gasteiger partial charge < -0.3 is 9.84 Å². The van der Waals surface area contributed by atoms with E-state index in [1.807, 2.05) is 6.92 Å². The number of hydrogen-bond acceptors (Lipinski definition) is 2. The van der Waals surface area contributed by atoms with Crippen molar-refractivity contribution >= 4 is 0 Å². The van der Waals surface area contributed by atoms with Crippen LogP contribution in [0.25, 0.3) is 0 Å². The van der Waals surface area contributed by atoms with E-state index in [4.69, 9.17) is 4.74 Å². The molecule has 0 aromatic rings. The first-order valence-corrected chi connectivity index (χ1v) is 7.73. The summed E-state index contributed by atoms with van der Waals surface area (Å²) in [6.45, 7) is 7.67. The number of allylic oxidation sites excluding steroid dienone is 2. The Morgan fingerprint density at radius 1 is 1.45 bits per heavy atom. The van der Waals surface area contributed by atoms with Crippen LogP contribution in [0.3, 0.4) is 0 Å². The zero-order valence-electron chi connectivity index (χ0n) is 13.1. The summed E-state index contributed by atoms with van der Waals surface area (Å²) in [5.74, 6) is 7.14. The van der Waals surface area contributed by atoms with Gasteiger partial charge in [0.1, 0.15) is 0 Å². The van der Waals surface area contributed by atoms with Gasteiger partial charge in [0.15, 0.2) is 0 Å². The highest BCUT2D eigenvalue weighted by Crippen LogP contribution is 2.18. The lowest BCUT2D eigenvalue weighted by molar-refractivity contribution is 0.137. The first-order valence-electron chi connectivity index (χ1n) is 7.73. The van der Waals surface area contributed by atoms with Crippen LogP contribution in [-0.4, -0.2) is 24.4 Å². The van der Waals surface area contributed by atoms with Crippen molar-refractivity contribution in [2.24, 2.45) is 11.8 Å². The highest BCUT2D eigenvalue weighted by molar-refractivity contribution is 5.19. The molecule has 112 valence electrons. The fourth-order valence-electron chi connectivity index (χ4n) is 2.24. The second-order valence-corrected chi connectivity index (χ2v) is 5.68. The fourth-order valence-corrected chi connectivity index (χ4v) is 2.24. The molecule has 2 unspecified atom stereocenters. The molecule has 0 radical (unpaired) electrons. The Bertz CT molecular complexity index is 382. The van der Waals surface area contributed by atoms with Crippen molar-refractivity contribution in [3.05, 3.63) is 23.8 Å². The molecule has 0 aliphatic heterocycles. The normalized spacial score (nSPS) is 25.2. The Balaban J connectivity index is 2.65. The van der Waals surface area contributed by atoms with Gasteiger partial charge in [0.05, 0.1) is 18.6 Å². The van der Waals surface area contributed by atoms with E-state index in [0.29, 0.717) is 12.5 Å². The summed E-state index contributed by atoms with van der Waals surface area (Å²) in [5, 5.41) is 10.3. The molecule has 0 aromatic heterocycles. The Morgan fingerprint density at radius 3 is 2.95 bits per heavy atom. The SMILES string of the molecule is CCOCC1C#CCC/C=C(/C(O)CC(C)C)C/C=C\1. The molecule has 1 rings (SSSR count). The summed E-state index contributed by atoms with van der Waals surface area (Å²) < 4.78 is 5.45. The monoisotopic (exact) mass is 276 g/mol. The summed E-state index contributed by atoms with van der Waals surface area (Å²) in [4.78, 5) is 0. The highest BCUT2D eigenvalue weighted by Gasteiger charge is 2.12. The van der Waals surface area contributed by atoms with E-state index in [0.717, 1.165) is 37.9 Å². The number of ether oxygens (including phenoxy) is 1. The number of aliphatic hydroxyl groups excluding tert-OH is 1. The molecule has 0 heterocycles. The van der Waals surface area contributed by atoms with Crippen LogP contribution in [0.1, 0.15) is 46.5 Å². The topological polar surface area (TPSA) is 29.5 Å². The molecule has 2 heteroatoms. The van der Waals surface area contributed by atoms with Crippen molar-refractivity contribution in [3.8, 4) is 11.8 Å². The lowest BCUT2D eigenvalue weighted by Gasteiger charge is -2.16. The van der Waals surface area contributed by atoms with Crippen LogP contribution >= 0.6 is 0 Å². The molecule has 2 nitrogen and oxygen atoms in total. The first-order chi connectivity index (χ1) is 9.63. The summed E-state index contributed by atoms with van der Waals surface area (Å²) in [6.07, 6.45) is 9.50. The van der Waals surface area contributed by atoms with Crippen molar-refractivity contribution in [1.82, 2.24) is 0 Å². The number of rotatable bonds is 6. The minimum absolute atomic E-state index is 0.177. The van der Waals surface area contributed by atoms with Gasteiger partial charge >= 0.3 is 0 Å². The van der Waals surface area contributed by atoms with Crippen LogP contribution in [-0.2, 0) is 4.74 Å². The minimum atomic E-state index is -0.322. The molecule has 1 N–H and O–H groups in total. The maximum Gasteiger partial charge on any atom is 0.0755 e. The lowest BCUT2D eigenvalue weighted by Crippen LogP contribution is -2.13. The van der Waals surface area contributed by atoms with Crippen LogP contribution in [0.4, 0.5) is 0 Å². The van der Waals surface area contributed by atoms with E-state index in [1.165, 1.54) is 0 Å². The average Bonchev–Trinajstić information content (AvgIpc) is 2.41. The van der Waals surface area contributed by atoms with Gasteiger partial charge in [-0.3, -0.25) is 0 Å². The van der Waals surface area contributed by atoms with Crippen molar-refractivity contribution in [2.45, 2.75) is 52.6 Å². The van der Waals surface area contributed by atoms with E-state index in [-0.39, 0.29) is 12.0 Å². The molecular formula is C18H28O2. The van der Waals surface area contributed by atoms with Gasteiger partial charge in [0.2, 0.25) is 0 Å². The van der Waals surface area contributed by atoms with E-state index >= 15 is 0 Å². The molecule has 2 atom stereocenters. The zero-order valence-corrected chi connectivity index (χ0v) is 13.1. The number of hydrogen-bond donors (Lipinski definition) is 1. The Morgan fingerprint density at radius 2 is 2.25 bits per heavy atom. The third-order valence-electron chi connectivity index (χ3n) is 3.31. The van der Waals surface area contributed by atoms with Gasteiger partial charge in [-0.1, -0.05) is 38.0 Å². The molecular weight excluding hydrogens is 248 g/mol. The van der Waals surface area contributed by atoms with Crippen molar-refractivity contribution < 1.29 is 9.84 Å². The van der Waals surface area contributed by atoms with Gasteiger partial charge in [-0.2, -0.15) is 0 Å². The fraction of sp³-hybridized carbons (Fsp3) is 0.667. The van der Waals surface area contributed by atoms with Crippen LogP contribution in [0.15, 0.2) is 23.8 Å². The standard InChI is InChI=1S/C18H28O2/c1-4-20-14-16-9-6-5-7-11-17(12-8-10-16)18(19)13-15(2)3/h8,10-11,15-16,18-19H,4-5,7,12-14H2,1-3H3/b10-8-,17-11+. The molecule has 0 bridgehead atoms. The first kappa shape index (κ1) is 17.0. The molecule has 1 aliphatic carbocycles. The summed E-state index contributed by atoms with van der Waals surface area (Å²) in [7, 11) is 0. The van der Waals surface area contributed by atoms with E-state index in [1.54, 1.807) is 0 Å². The van der Waals surface area contributed by atoms with Gasteiger partial charge in [-0.05, 0) is 37.7 Å². The molecule has 0 fully saturated rings. The molecule has 0 saturated heterocycles. The summed E-state index contributed by atoms with van der Waals surface area (Å²) in [6, 6.07) is 0. The Labute approximate surface area is 123 Å². The van der Waals surface area contributed by atoms with Crippen molar-refractivity contribution in [3.63, 3.8) is 0 Å². The van der Waals surface area contributed by atoms with Crippen molar-refractivity contribution in [1.29, 1.82) is 0 Å². The maximum atomic E-state index is 10.3. The lowest BCUT2D eigenvalue weighted by atomic mass is 9.95. The predicted molar refractivity (Wildman–Crippen MR) is 84.3 cm³/mol. The van der Waals surface area contributed by atoms with E-state index < -0.39 is 0 Å². The van der Waals surface area contributed by atoms with E-state index in [2.05, 4.69) is 43.9 Å². The van der Waals surface area contributed by atoms with Gasteiger partial charge in [0, 0.05) is 13.0 Å². The molecule has 0 aromatic carbocycles. The smallest absolute Gasteiger partial charge is 0.0755 e. The Kier molecular flexibility index (Phi) is 8.34. The quantitative estimate of drug-likeness (QED) is 0.592. The van der Waals surface area contributed by atoms with Crippen LogP contribution in [0.2, 0.25) is 0 Å². The average molecular weight is 276 g/mol. The predicted octanol–water partition coefficient (Wildman–Crippen LogP) is 3.72. The second-order valence-electron chi connectivity index (χ2n) is 5.68. The summed E-state index contributed by atoms with van der Waals surface area (Å²) >= 11 is 0. The zero-order chi connectivity index (χ0) is 14.8. The second kappa shape index (κ2) is 9.80. The van der Waals surface area contributed by atoms with E-state index in [9.17, 15) is 5.11 Å². The van der Waals surface area contributed by atoms with Crippen LogP contribution in [0.5, 0.6) is 0 Å². The molecule has 20 heavy (non-hydrogen) atoms. The summed E-state index contributed by atoms with van der Waals surface area (Å²) in [5.41, 5.74) is 1.13. The third kappa shape index (κ3) is 6.93. The minimum Gasteiger partial charge on any atom is -0.389 e. The highest BCUT2D eigenvalue weighted by atomic mass is 16.5. The maximum absolute atomic E-state index is 10.3.